The zero-order valence-corrected chi connectivity index (χ0v) is 10.5. The highest BCUT2D eigenvalue weighted by molar-refractivity contribution is 5.67. The van der Waals surface area contributed by atoms with Crippen LogP contribution in [0.1, 0.15) is 57.8 Å². The van der Waals surface area contributed by atoms with Gasteiger partial charge in [0.2, 0.25) is 0 Å². The van der Waals surface area contributed by atoms with Crippen LogP contribution in [-0.4, -0.2) is 24.3 Å². The van der Waals surface area contributed by atoms with Crippen molar-refractivity contribution >= 4 is 6.09 Å². The first kappa shape index (κ1) is 12.7. The van der Waals surface area contributed by atoms with Crippen LogP contribution in [0.2, 0.25) is 0 Å². The summed E-state index contributed by atoms with van der Waals surface area (Å²) >= 11 is 0. The molecule has 4 nitrogen and oxygen atoms in total. The highest BCUT2D eigenvalue weighted by atomic mass is 16.6. The van der Waals surface area contributed by atoms with Gasteiger partial charge in [-0.1, -0.05) is 25.7 Å². The molecule has 0 heterocycles. The van der Waals surface area contributed by atoms with Gasteiger partial charge in [0.1, 0.15) is 6.10 Å². The zero-order chi connectivity index (χ0) is 12.1. The van der Waals surface area contributed by atoms with Crippen LogP contribution in [0.4, 0.5) is 4.79 Å². The Morgan fingerprint density at radius 1 is 1.00 bits per heavy atom. The van der Waals surface area contributed by atoms with Gasteiger partial charge in [-0.3, -0.25) is 0 Å². The molecule has 2 unspecified atom stereocenters. The molecule has 2 rings (SSSR count). The molecule has 0 saturated heterocycles. The maximum atomic E-state index is 11.7. The molecule has 2 atom stereocenters. The van der Waals surface area contributed by atoms with Crippen LogP contribution >= 0.6 is 0 Å². The Kier molecular flexibility index (Phi) is 4.66. The van der Waals surface area contributed by atoms with Crippen LogP contribution < -0.4 is 11.1 Å². The number of amides is 1. The van der Waals surface area contributed by atoms with Gasteiger partial charge >= 0.3 is 6.09 Å². The fourth-order valence-electron chi connectivity index (χ4n) is 2.86. The van der Waals surface area contributed by atoms with E-state index >= 15 is 0 Å². The predicted molar refractivity (Wildman–Crippen MR) is 66.7 cm³/mol. The molecular formula is C13H24N2O2. The first-order chi connectivity index (χ1) is 8.25. The molecule has 17 heavy (non-hydrogen) atoms. The second-order valence-corrected chi connectivity index (χ2v) is 5.37. The Labute approximate surface area is 103 Å². The van der Waals surface area contributed by atoms with Crippen LogP contribution in [0.3, 0.4) is 0 Å². The van der Waals surface area contributed by atoms with E-state index in [1.807, 2.05) is 0 Å². The second-order valence-electron chi connectivity index (χ2n) is 5.37. The maximum absolute atomic E-state index is 11.7. The summed E-state index contributed by atoms with van der Waals surface area (Å²) in [4.78, 5) is 11.7. The SMILES string of the molecule is NC1CCCCCC1OC(=O)NC1CCCC1. The zero-order valence-electron chi connectivity index (χ0n) is 10.5. The van der Waals surface area contributed by atoms with E-state index in [1.54, 1.807) is 0 Å². The van der Waals surface area contributed by atoms with Gasteiger partial charge in [-0.05, 0) is 32.1 Å². The van der Waals surface area contributed by atoms with Crippen LogP contribution in [0.15, 0.2) is 0 Å². The van der Waals surface area contributed by atoms with Gasteiger partial charge in [0.25, 0.3) is 0 Å². The smallest absolute Gasteiger partial charge is 0.407 e. The average Bonchev–Trinajstić information content (AvgIpc) is 2.71. The van der Waals surface area contributed by atoms with Gasteiger partial charge in [0.05, 0.1) is 0 Å². The minimum Gasteiger partial charge on any atom is -0.445 e. The van der Waals surface area contributed by atoms with Crippen LogP contribution in [0.5, 0.6) is 0 Å². The molecule has 0 aromatic rings. The molecule has 1 amide bonds. The molecule has 0 aromatic carbocycles. The van der Waals surface area contributed by atoms with E-state index in [4.69, 9.17) is 10.5 Å². The number of hydrogen-bond donors (Lipinski definition) is 2. The van der Waals surface area contributed by atoms with Crippen molar-refractivity contribution in [1.82, 2.24) is 5.32 Å². The highest BCUT2D eigenvalue weighted by Gasteiger charge is 2.25. The molecule has 98 valence electrons. The lowest BCUT2D eigenvalue weighted by molar-refractivity contribution is 0.0759. The summed E-state index contributed by atoms with van der Waals surface area (Å²) in [5.41, 5.74) is 6.03. The average molecular weight is 240 g/mol. The number of hydrogen-bond acceptors (Lipinski definition) is 3. The quantitative estimate of drug-likeness (QED) is 0.728. The van der Waals surface area contributed by atoms with Gasteiger partial charge in [0, 0.05) is 12.1 Å². The Bertz CT molecular complexity index is 252. The van der Waals surface area contributed by atoms with Crippen molar-refractivity contribution in [3.63, 3.8) is 0 Å². The van der Waals surface area contributed by atoms with Crippen LogP contribution in [0.25, 0.3) is 0 Å². The van der Waals surface area contributed by atoms with Gasteiger partial charge in [-0.2, -0.15) is 0 Å². The van der Waals surface area contributed by atoms with Crippen molar-refractivity contribution in [2.24, 2.45) is 5.73 Å². The third-order valence-corrected chi connectivity index (χ3v) is 3.94. The van der Waals surface area contributed by atoms with Crippen molar-refractivity contribution in [3.8, 4) is 0 Å². The van der Waals surface area contributed by atoms with Gasteiger partial charge < -0.3 is 15.8 Å². The first-order valence-electron chi connectivity index (χ1n) is 6.98. The van der Waals surface area contributed by atoms with Crippen molar-refractivity contribution in [2.45, 2.75) is 76.0 Å². The van der Waals surface area contributed by atoms with E-state index in [2.05, 4.69) is 5.32 Å². The van der Waals surface area contributed by atoms with E-state index < -0.39 is 0 Å². The first-order valence-corrected chi connectivity index (χ1v) is 6.98. The van der Waals surface area contributed by atoms with Crippen molar-refractivity contribution in [1.29, 1.82) is 0 Å². The van der Waals surface area contributed by atoms with E-state index in [9.17, 15) is 4.79 Å². The molecule has 3 N–H and O–H groups in total. The molecule has 2 saturated carbocycles. The summed E-state index contributed by atoms with van der Waals surface area (Å²) in [5, 5.41) is 2.95. The van der Waals surface area contributed by atoms with E-state index in [1.165, 1.54) is 19.3 Å². The topological polar surface area (TPSA) is 64.3 Å². The van der Waals surface area contributed by atoms with Crippen LogP contribution in [-0.2, 0) is 4.74 Å². The molecule has 4 heteroatoms. The number of alkyl carbamates (subject to hydrolysis) is 1. The molecule has 0 aromatic heterocycles. The molecule has 0 spiro atoms. The Balaban J connectivity index is 1.75. The lowest BCUT2D eigenvalue weighted by Gasteiger charge is -2.23. The number of ether oxygens (including phenoxy) is 1. The summed E-state index contributed by atoms with van der Waals surface area (Å²) in [6.45, 7) is 0. The summed E-state index contributed by atoms with van der Waals surface area (Å²) < 4.78 is 5.47. The van der Waals surface area contributed by atoms with Crippen molar-refractivity contribution < 1.29 is 9.53 Å². The normalized spacial score (nSPS) is 30.9. The molecule has 2 aliphatic rings. The van der Waals surface area contributed by atoms with Gasteiger partial charge in [-0.25, -0.2) is 4.79 Å². The molecule has 0 aliphatic heterocycles. The van der Waals surface area contributed by atoms with Crippen molar-refractivity contribution in [3.05, 3.63) is 0 Å². The van der Waals surface area contributed by atoms with Gasteiger partial charge in [0.15, 0.2) is 0 Å². The van der Waals surface area contributed by atoms with Gasteiger partial charge in [-0.15, -0.1) is 0 Å². The van der Waals surface area contributed by atoms with E-state index in [0.29, 0.717) is 6.04 Å². The third kappa shape index (κ3) is 3.87. The monoisotopic (exact) mass is 240 g/mol. The second kappa shape index (κ2) is 6.24. The molecule has 0 radical (unpaired) electrons. The predicted octanol–water partition coefficient (Wildman–Crippen LogP) is 2.32. The van der Waals surface area contributed by atoms with E-state index in [0.717, 1.165) is 38.5 Å². The highest BCUT2D eigenvalue weighted by Crippen LogP contribution is 2.21. The standard InChI is InChI=1S/C13H24N2O2/c14-11-8-2-1-3-9-12(11)17-13(16)15-10-6-4-5-7-10/h10-12H,1-9,14H2,(H,15,16). The third-order valence-electron chi connectivity index (χ3n) is 3.94. The Morgan fingerprint density at radius 2 is 1.65 bits per heavy atom. The Morgan fingerprint density at radius 3 is 2.41 bits per heavy atom. The number of carbonyl (C=O) groups excluding carboxylic acids is 1. The Hall–Kier alpha value is -0.770. The lowest BCUT2D eigenvalue weighted by atomic mass is 10.1. The summed E-state index contributed by atoms with van der Waals surface area (Å²) in [5.74, 6) is 0. The van der Waals surface area contributed by atoms with Crippen molar-refractivity contribution in [2.75, 3.05) is 0 Å². The minimum atomic E-state index is -0.265. The summed E-state index contributed by atoms with van der Waals surface area (Å²) in [7, 11) is 0. The number of nitrogens with two attached hydrogens (primary N) is 1. The van der Waals surface area contributed by atoms with E-state index in [-0.39, 0.29) is 18.2 Å². The number of nitrogens with one attached hydrogen (secondary N) is 1. The minimum absolute atomic E-state index is 0.0202. The largest absolute Gasteiger partial charge is 0.445 e. The molecule has 0 bridgehead atoms. The number of rotatable bonds is 2. The maximum Gasteiger partial charge on any atom is 0.407 e. The fourth-order valence-corrected chi connectivity index (χ4v) is 2.86. The molecular weight excluding hydrogens is 216 g/mol. The summed E-state index contributed by atoms with van der Waals surface area (Å²) in [6, 6.07) is 0.344. The number of carbonyl (C=O) groups is 1. The molecule has 2 fully saturated rings. The molecule has 2 aliphatic carbocycles. The lowest BCUT2D eigenvalue weighted by Crippen LogP contribution is -2.42. The van der Waals surface area contributed by atoms with Crippen LogP contribution in [0, 0.1) is 0 Å². The summed E-state index contributed by atoms with van der Waals surface area (Å²) in [6.07, 6.45) is 9.64. The fraction of sp³-hybridized carbons (Fsp3) is 0.923.